The van der Waals surface area contributed by atoms with Crippen LogP contribution >= 0.6 is 0 Å². The minimum absolute atomic E-state index is 0.0865. The first-order valence-electron chi connectivity index (χ1n) is 8.06. The fraction of sp³-hybridized carbons (Fsp3) is 0.588. The molecule has 5 nitrogen and oxygen atoms in total. The van der Waals surface area contributed by atoms with Gasteiger partial charge in [0.2, 0.25) is 5.91 Å². The van der Waals surface area contributed by atoms with Crippen molar-refractivity contribution in [2.45, 2.75) is 64.3 Å². The highest BCUT2D eigenvalue weighted by atomic mass is 16.1. The van der Waals surface area contributed by atoms with Crippen molar-refractivity contribution < 1.29 is 4.79 Å². The highest BCUT2D eigenvalue weighted by Crippen LogP contribution is 2.13. The maximum Gasteiger partial charge on any atom is 0.217 e. The van der Waals surface area contributed by atoms with Crippen LogP contribution in [0.3, 0.4) is 0 Å². The van der Waals surface area contributed by atoms with Crippen molar-refractivity contribution in [2.24, 2.45) is 10.8 Å². The number of primary amides is 1. The molecule has 0 bridgehead atoms. The van der Waals surface area contributed by atoms with E-state index in [1.165, 1.54) is 37.7 Å². The summed E-state index contributed by atoms with van der Waals surface area (Å²) in [6, 6.07) is 7.92. The van der Waals surface area contributed by atoms with E-state index in [4.69, 9.17) is 11.3 Å². The van der Waals surface area contributed by atoms with E-state index >= 15 is 0 Å². The van der Waals surface area contributed by atoms with Crippen LogP contribution in [0.25, 0.3) is 10.4 Å². The van der Waals surface area contributed by atoms with E-state index < -0.39 is 11.9 Å². The van der Waals surface area contributed by atoms with Crippen LogP contribution in [0, 0.1) is 0 Å². The standard InChI is InChI=1S/C17H26N4O/c1-2-3-4-5-6-7-14-8-10-15(11-9-14)12-16(20-21-19)13-17(18)22/h8-11,16H,2-7,12-13H2,1H3,(H2,18,22)/t16-/m0/s1. The van der Waals surface area contributed by atoms with Gasteiger partial charge in [-0.1, -0.05) is 62.0 Å². The Bertz CT molecular complexity index is 492. The van der Waals surface area contributed by atoms with Crippen molar-refractivity contribution in [3.63, 3.8) is 0 Å². The Morgan fingerprint density at radius 3 is 2.41 bits per heavy atom. The van der Waals surface area contributed by atoms with Gasteiger partial charge in [-0.25, -0.2) is 0 Å². The number of carbonyl (C=O) groups excluding carboxylic acids is 1. The van der Waals surface area contributed by atoms with Gasteiger partial charge in [-0.3, -0.25) is 4.79 Å². The second-order valence-electron chi connectivity index (χ2n) is 5.71. The Morgan fingerprint density at radius 1 is 1.18 bits per heavy atom. The molecule has 120 valence electrons. The summed E-state index contributed by atoms with van der Waals surface area (Å²) in [5, 5.41) is 3.64. The molecule has 0 aliphatic rings. The molecule has 0 saturated carbocycles. The van der Waals surface area contributed by atoms with E-state index in [9.17, 15) is 4.79 Å². The van der Waals surface area contributed by atoms with Crippen molar-refractivity contribution in [1.29, 1.82) is 0 Å². The zero-order valence-electron chi connectivity index (χ0n) is 13.4. The lowest BCUT2D eigenvalue weighted by molar-refractivity contribution is -0.118. The third-order valence-electron chi connectivity index (χ3n) is 3.72. The lowest BCUT2D eigenvalue weighted by Crippen LogP contribution is -2.20. The Labute approximate surface area is 132 Å². The minimum Gasteiger partial charge on any atom is -0.370 e. The molecule has 0 radical (unpaired) electrons. The summed E-state index contributed by atoms with van der Waals surface area (Å²) in [5.74, 6) is -0.443. The first-order valence-corrected chi connectivity index (χ1v) is 8.06. The average molecular weight is 302 g/mol. The van der Waals surface area contributed by atoms with Gasteiger partial charge >= 0.3 is 0 Å². The molecular formula is C17H26N4O. The number of unbranched alkanes of at least 4 members (excludes halogenated alkanes) is 4. The molecule has 0 heterocycles. The molecule has 0 aliphatic carbocycles. The first kappa shape index (κ1) is 18.1. The number of carbonyl (C=O) groups is 1. The van der Waals surface area contributed by atoms with Crippen LogP contribution in [0.1, 0.15) is 56.6 Å². The second kappa shape index (κ2) is 10.7. The van der Waals surface area contributed by atoms with Crippen LogP contribution in [0.5, 0.6) is 0 Å². The van der Waals surface area contributed by atoms with Gasteiger partial charge in [0.25, 0.3) is 0 Å². The molecule has 0 spiro atoms. The summed E-state index contributed by atoms with van der Waals surface area (Å²) >= 11 is 0. The molecule has 0 fully saturated rings. The SMILES string of the molecule is CCCCCCCc1ccc(C[C@@H](CC(N)=O)N=[N+]=[N-])cc1. The van der Waals surface area contributed by atoms with Crippen molar-refractivity contribution in [3.05, 3.63) is 45.8 Å². The number of rotatable bonds is 11. The molecule has 1 rings (SSSR count). The number of hydrogen-bond acceptors (Lipinski definition) is 2. The zero-order valence-corrected chi connectivity index (χ0v) is 13.4. The monoisotopic (exact) mass is 302 g/mol. The fourth-order valence-corrected chi connectivity index (χ4v) is 2.51. The molecule has 1 atom stereocenters. The Kier molecular flexibility index (Phi) is 8.77. The lowest BCUT2D eigenvalue weighted by atomic mass is 10.00. The smallest absolute Gasteiger partial charge is 0.217 e. The van der Waals surface area contributed by atoms with Crippen molar-refractivity contribution in [1.82, 2.24) is 0 Å². The number of nitrogens with zero attached hydrogens (tertiary/aromatic N) is 3. The molecule has 0 saturated heterocycles. The molecule has 5 heteroatoms. The number of hydrogen-bond donors (Lipinski definition) is 1. The van der Waals surface area contributed by atoms with Gasteiger partial charge in [0, 0.05) is 11.3 Å². The number of azide groups is 1. The Balaban J connectivity index is 2.45. The average Bonchev–Trinajstić information content (AvgIpc) is 2.48. The number of benzene rings is 1. The topological polar surface area (TPSA) is 91.9 Å². The third kappa shape index (κ3) is 7.70. The molecule has 1 aromatic rings. The normalized spacial score (nSPS) is 11.7. The number of aryl methyl sites for hydroxylation is 1. The largest absolute Gasteiger partial charge is 0.370 e. The van der Waals surface area contributed by atoms with Crippen LogP contribution < -0.4 is 5.73 Å². The summed E-state index contributed by atoms with van der Waals surface area (Å²) in [6.07, 6.45) is 8.15. The van der Waals surface area contributed by atoms with Crippen molar-refractivity contribution in [3.8, 4) is 0 Å². The van der Waals surface area contributed by atoms with Gasteiger partial charge in [-0.2, -0.15) is 0 Å². The van der Waals surface area contributed by atoms with Gasteiger partial charge in [0.1, 0.15) is 0 Å². The van der Waals surface area contributed by atoms with Crippen LogP contribution in [0.4, 0.5) is 0 Å². The molecule has 0 aliphatic heterocycles. The molecule has 22 heavy (non-hydrogen) atoms. The number of amides is 1. The van der Waals surface area contributed by atoms with Crippen molar-refractivity contribution >= 4 is 5.91 Å². The Morgan fingerprint density at radius 2 is 1.82 bits per heavy atom. The van der Waals surface area contributed by atoms with Crippen LogP contribution in [0.15, 0.2) is 29.4 Å². The molecule has 0 aromatic heterocycles. The van der Waals surface area contributed by atoms with Gasteiger partial charge < -0.3 is 5.73 Å². The molecule has 1 aromatic carbocycles. The van der Waals surface area contributed by atoms with E-state index in [1.807, 2.05) is 12.1 Å². The van der Waals surface area contributed by atoms with Gasteiger partial charge in [-0.05, 0) is 35.9 Å². The molecule has 0 unspecified atom stereocenters. The predicted molar refractivity (Wildman–Crippen MR) is 89.4 cm³/mol. The first-order chi connectivity index (χ1) is 10.7. The quantitative estimate of drug-likeness (QED) is 0.281. The van der Waals surface area contributed by atoms with Crippen LogP contribution in [-0.4, -0.2) is 11.9 Å². The second-order valence-corrected chi connectivity index (χ2v) is 5.71. The van der Waals surface area contributed by atoms with E-state index in [0.29, 0.717) is 6.42 Å². The zero-order chi connectivity index (χ0) is 16.2. The van der Waals surface area contributed by atoms with E-state index in [0.717, 1.165) is 12.0 Å². The third-order valence-corrected chi connectivity index (χ3v) is 3.72. The van der Waals surface area contributed by atoms with E-state index in [-0.39, 0.29) is 6.42 Å². The summed E-state index contributed by atoms with van der Waals surface area (Å²) in [7, 11) is 0. The highest BCUT2D eigenvalue weighted by molar-refractivity contribution is 5.74. The van der Waals surface area contributed by atoms with Crippen molar-refractivity contribution in [2.75, 3.05) is 0 Å². The lowest BCUT2D eigenvalue weighted by Gasteiger charge is -2.09. The summed E-state index contributed by atoms with van der Waals surface area (Å²) in [5.41, 5.74) is 16.1. The summed E-state index contributed by atoms with van der Waals surface area (Å²) in [6.45, 7) is 2.22. The van der Waals surface area contributed by atoms with Gasteiger partial charge in [0.15, 0.2) is 0 Å². The highest BCUT2D eigenvalue weighted by Gasteiger charge is 2.11. The number of nitrogens with two attached hydrogens (primary N) is 1. The predicted octanol–water partition coefficient (Wildman–Crippen LogP) is 4.30. The molecule has 2 N–H and O–H groups in total. The van der Waals surface area contributed by atoms with E-state index in [1.54, 1.807) is 0 Å². The van der Waals surface area contributed by atoms with E-state index in [2.05, 4.69) is 29.1 Å². The van der Waals surface area contributed by atoms with Gasteiger partial charge in [0.05, 0.1) is 6.04 Å². The fourth-order valence-electron chi connectivity index (χ4n) is 2.51. The maximum atomic E-state index is 11.0. The summed E-state index contributed by atoms with van der Waals surface area (Å²) in [4.78, 5) is 13.7. The maximum absolute atomic E-state index is 11.0. The molecular weight excluding hydrogens is 276 g/mol. The van der Waals surface area contributed by atoms with Crippen LogP contribution in [-0.2, 0) is 17.6 Å². The minimum atomic E-state index is -0.443. The molecule has 1 amide bonds. The van der Waals surface area contributed by atoms with Gasteiger partial charge in [-0.15, -0.1) is 0 Å². The Hall–Kier alpha value is -2.00. The summed E-state index contributed by atoms with van der Waals surface area (Å²) < 4.78 is 0. The van der Waals surface area contributed by atoms with Crippen LogP contribution in [0.2, 0.25) is 0 Å².